The molecule has 0 bridgehead atoms. The van der Waals surface area contributed by atoms with E-state index in [0.717, 1.165) is 39.0 Å². The number of amides is 1. The maximum Gasteiger partial charge on any atom is 0.416 e. The Kier molecular flexibility index (Phi) is 6.37. The van der Waals surface area contributed by atoms with Crippen molar-refractivity contribution in [2.45, 2.75) is 39.7 Å². The van der Waals surface area contributed by atoms with Gasteiger partial charge in [-0.15, -0.1) is 0 Å². The molecule has 41 heavy (non-hydrogen) atoms. The summed E-state index contributed by atoms with van der Waals surface area (Å²) in [6.07, 6.45) is 1.59. The number of anilines is 2. The summed E-state index contributed by atoms with van der Waals surface area (Å²) in [4.78, 5) is 29.0. The summed E-state index contributed by atoms with van der Waals surface area (Å²) in [5.41, 5.74) is 12.5. The van der Waals surface area contributed by atoms with Crippen LogP contribution in [0.15, 0.2) is 67.0 Å². The molecule has 0 saturated carbocycles. The SMILES string of the molecule is Cc1cccc(Oc2ccc3c(c2)CCN(C(=O)OC(C)(C)C)c2ncnc4c2c-3c(-c2ccc(N)cc2)n4C)n1. The van der Waals surface area contributed by atoms with Crippen LogP contribution in [0.25, 0.3) is 33.4 Å². The molecule has 5 aromatic rings. The Morgan fingerprint density at radius 3 is 2.54 bits per heavy atom. The summed E-state index contributed by atoms with van der Waals surface area (Å²) >= 11 is 0. The Balaban J connectivity index is 1.59. The lowest BCUT2D eigenvalue weighted by Gasteiger charge is -2.29. The van der Waals surface area contributed by atoms with Crippen LogP contribution in [-0.4, -0.2) is 37.8 Å². The second-order valence-corrected chi connectivity index (χ2v) is 11.2. The molecule has 0 saturated heterocycles. The van der Waals surface area contributed by atoms with Gasteiger partial charge in [0.15, 0.2) is 5.82 Å². The van der Waals surface area contributed by atoms with Crippen LogP contribution < -0.4 is 15.4 Å². The summed E-state index contributed by atoms with van der Waals surface area (Å²) in [7, 11) is 1.98. The molecule has 0 atom stereocenters. The Labute approximate surface area is 238 Å². The number of carbonyl (C=O) groups is 1. The standard InChI is InChI=1S/C32H32N6O3/c1-19-7-6-8-25(36-19)40-23-13-14-24-21(17-23)15-16-38(31(39)41-32(2,3)4)30-27-26(24)28(20-9-11-22(33)12-10-20)37(5)29(27)34-18-35-30/h6-14,17-18H,15-16,33H2,1-5H3. The number of nitrogen functional groups attached to an aromatic ring is 1. The van der Waals surface area contributed by atoms with Gasteiger partial charge in [-0.1, -0.05) is 24.3 Å². The third-order valence-corrected chi connectivity index (χ3v) is 7.04. The van der Waals surface area contributed by atoms with Crippen molar-refractivity contribution in [3.05, 3.63) is 78.2 Å². The number of aromatic nitrogens is 4. The van der Waals surface area contributed by atoms with E-state index in [2.05, 4.69) is 21.0 Å². The lowest BCUT2D eigenvalue weighted by atomic mass is 9.92. The fourth-order valence-corrected chi connectivity index (χ4v) is 5.30. The molecule has 1 amide bonds. The van der Waals surface area contributed by atoms with Crippen molar-refractivity contribution in [3.63, 3.8) is 0 Å². The number of pyridine rings is 1. The lowest BCUT2D eigenvalue weighted by molar-refractivity contribution is 0.0580. The number of nitrogens with two attached hydrogens (primary N) is 1. The van der Waals surface area contributed by atoms with E-state index >= 15 is 0 Å². The van der Waals surface area contributed by atoms with Gasteiger partial charge >= 0.3 is 6.09 Å². The Morgan fingerprint density at radius 1 is 1.02 bits per heavy atom. The van der Waals surface area contributed by atoms with Crippen LogP contribution in [-0.2, 0) is 18.2 Å². The molecule has 3 aromatic heterocycles. The number of nitrogens with zero attached hydrogens (tertiary/aromatic N) is 5. The molecular formula is C32H32N6O3. The highest BCUT2D eigenvalue weighted by Crippen LogP contribution is 2.46. The van der Waals surface area contributed by atoms with Crippen molar-refractivity contribution >= 4 is 28.6 Å². The molecule has 0 spiro atoms. The third-order valence-electron chi connectivity index (χ3n) is 7.04. The Bertz CT molecular complexity index is 1790. The van der Waals surface area contributed by atoms with Gasteiger partial charge in [-0.2, -0.15) is 0 Å². The Hall–Kier alpha value is -4.92. The van der Waals surface area contributed by atoms with Gasteiger partial charge in [0.25, 0.3) is 0 Å². The van der Waals surface area contributed by atoms with Gasteiger partial charge in [-0.3, -0.25) is 4.90 Å². The number of rotatable bonds is 3. The zero-order chi connectivity index (χ0) is 28.9. The summed E-state index contributed by atoms with van der Waals surface area (Å²) < 4.78 is 14.0. The van der Waals surface area contributed by atoms with Gasteiger partial charge in [0, 0.05) is 36.6 Å². The summed E-state index contributed by atoms with van der Waals surface area (Å²) in [6.45, 7) is 7.87. The maximum absolute atomic E-state index is 13.6. The number of hydrogen-bond donors (Lipinski definition) is 1. The van der Waals surface area contributed by atoms with E-state index in [9.17, 15) is 4.79 Å². The van der Waals surface area contributed by atoms with E-state index in [-0.39, 0.29) is 0 Å². The topological polar surface area (TPSA) is 108 Å². The molecule has 1 aliphatic heterocycles. The van der Waals surface area contributed by atoms with E-state index < -0.39 is 11.7 Å². The molecular weight excluding hydrogens is 516 g/mol. The first-order valence-corrected chi connectivity index (χ1v) is 13.5. The molecule has 0 aliphatic carbocycles. The zero-order valence-electron chi connectivity index (χ0n) is 23.8. The van der Waals surface area contributed by atoms with Crippen LogP contribution in [0.5, 0.6) is 11.6 Å². The molecule has 2 N–H and O–H groups in total. The maximum atomic E-state index is 13.6. The van der Waals surface area contributed by atoms with Gasteiger partial charge in [0.05, 0.1) is 11.1 Å². The number of benzene rings is 2. The molecule has 6 rings (SSSR count). The van der Waals surface area contributed by atoms with Gasteiger partial charge in [-0.25, -0.2) is 19.7 Å². The fraction of sp³-hybridized carbons (Fsp3) is 0.250. The minimum absolute atomic E-state index is 0.367. The largest absolute Gasteiger partial charge is 0.443 e. The lowest BCUT2D eigenvalue weighted by Crippen LogP contribution is -2.39. The number of ether oxygens (including phenoxy) is 2. The first kappa shape index (κ1) is 26.3. The van der Waals surface area contributed by atoms with Crippen molar-refractivity contribution in [3.8, 4) is 34.0 Å². The quantitative estimate of drug-likeness (QED) is 0.251. The van der Waals surface area contributed by atoms with Crippen LogP contribution in [0.1, 0.15) is 32.0 Å². The predicted molar refractivity (Wildman–Crippen MR) is 160 cm³/mol. The van der Waals surface area contributed by atoms with Crippen LogP contribution >= 0.6 is 0 Å². The van der Waals surface area contributed by atoms with Gasteiger partial charge < -0.3 is 19.8 Å². The highest BCUT2D eigenvalue weighted by molar-refractivity contribution is 6.11. The molecule has 2 aromatic carbocycles. The summed E-state index contributed by atoms with van der Waals surface area (Å²) in [5, 5.41) is 0.780. The number of carbonyl (C=O) groups excluding carboxylic acids is 1. The van der Waals surface area contributed by atoms with Crippen LogP contribution in [0.2, 0.25) is 0 Å². The first-order valence-electron chi connectivity index (χ1n) is 13.5. The second-order valence-electron chi connectivity index (χ2n) is 11.2. The highest BCUT2D eigenvalue weighted by Gasteiger charge is 2.32. The van der Waals surface area contributed by atoms with Crippen LogP contribution in [0.3, 0.4) is 0 Å². The van der Waals surface area contributed by atoms with Gasteiger partial charge in [-0.05, 0) is 81.1 Å². The third kappa shape index (κ3) is 4.95. The van der Waals surface area contributed by atoms with E-state index in [1.54, 1.807) is 4.90 Å². The van der Waals surface area contributed by atoms with Gasteiger partial charge in [0.2, 0.25) is 5.88 Å². The minimum atomic E-state index is -0.667. The summed E-state index contributed by atoms with van der Waals surface area (Å²) in [5.74, 6) is 1.71. The molecule has 9 heteroatoms. The van der Waals surface area contributed by atoms with Crippen molar-refractivity contribution < 1.29 is 14.3 Å². The molecule has 1 aliphatic rings. The molecule has 4 heterocycles. The van der Waals surface area contributed by atoms with Crippen LogP contribution in [0, 0.1) is 6.92 Å². The van der Waals surface area contributed by atoms with E-state index in [0.29, 0.717) is 41.7 Å². The molecule has 208 valence electrons. The molecule has 0 unspecified atom stereocenters. The van der Waals surface area contributed by atoms with E-state index in [1.165, 1.54) is 6.33 Å². The van der Waals surface area contributed by atoms with Crippen molar-refractivity contribution in [1.29, 1.82) is 0 Å². The Morgan fingerprint density at radius 2 is 1.80 bits per heavy atom. The average Bonchev–Trinajstić information content (AvgIpc) is 3.20. The highest BCUT2D eigenvalue weighted by atomic mass is 16.6. The second kappa shape index (κ2) is 9.92. The van der Waals surface area contributed by atoms with Crippen molar-refractivity contribution in [2.75, 3.05) is 17.2 Å². The normalized spacial score (nSPS) is 13.0. The van der Waals surface area contributed by atoms with Crippen molar-refractivity contribution in [1.82, 2.24) is 19.5 Å². The smallest absolute Gasteiger partial charge is 0.416 e. The number of fused-ring (bicyclic) bond motifs is 2. The average molecular weight is 549 g/mol. The molecule has 0 radical (unpaired) electrons. The number of hydrogen-bond acceptors (Lipinski definition) is 7. The number of aryl methyl sites for hydroxylation is 2. The summed E-state index contributed by atoms with van der Waals surface area (Å²) in [6, 6.07) is 19.5. The fourth-order valence-electron chi connectivity index (χ4n) is 5.30. The van der Waals surface area contributed by atoms with Gasteiger partial charge in [0.1, 0.15) is 23.3 Å². The molecule has 0 fully saturated rings. The monoisotopic (exact) mass is 548 g/mol. The molecule has 9 nitrogen and oxygen atoms in total. The minimum Gasteiger partial charge on any atom is -0.443 e. The predicted octanol–water partition coefficient (Wildman–Crippen LogP) is 6.68. The first-order chi connectivity index (χ1) is 19.6. The van der Waals surface area contributed by atoms with E-state index in [1.807, 2.05) is 93.9 Å². The van der Waals surface area contributed by atoms with Crippen molar-refractivity contribution in [2.24, 2.45) is 7.05 Å². The van der Waals surface area contributed by atoms with Crippen LogP contribution in [0.4, 0.5) is 16.3 Å². The van der Waals surface area contributed by atoms with E-state index in [4.69, 9.17) is 15.2 Å². The zero-order valence-corrected chi connectivity index (χ0v) is 23.8.